The minimum absolute atomic E-state index is 0.0314. The van der Waals surface area contributed by atoms with Gasteiger partial charge in [0.25, 0.3) is 0 Å². The molecule has 8 heteroatoms. The summed E-state index contributed by atoms with van der Waals surface area (Å²) in [5.74, 6) is -1.41. The van der Waals surface area contributed by atoms with Gasteiger partial charge in [-0.05, 0) is 13.0 Å². The lowest BCUT2D eigenvalue weighted by molar-refractivity contribution is -0.0521. The lowest BCUT2D eigenvalue weighted by Gasteiger charge is -2.06. The molecule has 0 spiro atoms. The summed E-state index contributed by atoms with van der Waals surface area (Å²) in [6.45, 7) is -1.25. The summed E-state index contributed by atoms with van der Waals surface area (Å²) in [4.78, 5) is 4.10. The minimum atomic E-state index is -3.08. The van der Waals surface area contributed by atoms with E-state index in [-0.39, 0.29) is 5.56 Å². The lowest BCUT2D eigenvalue weighted by Crippen LogP contribution is -2.05. The molecular weight excluding hydrogens is 291 g/mol. The number of hydrogen-bond donors (Lipinski definition) is 1. The van der Waals surface area contributed by atoms with E-state index in [0.717, 1.165) is 11.8 Å². The summed E-state index contributed by atoms with van der Waals surface area (Å²) >= 11 is 1.35. The van der Waals surface area contributed by atoms with Crippen molar-refractivity contribution in [3.63, 3.8) is 0 Å². The van der Waals surface area contributed by atoms with Crippen molar-refractivity contribution in [2.45, 2.75) is 13.5 Å². The Hall–Kier alpha value is -2.09. The zero-order valence-corrected chi connectivity index (χ0v) is 11.1. The summed E-state index contributed by atoms with van der Waals surface area (Å²) < 4.78 is 42.0. The molecule has 0 atom stereocenters. The third-order valence-corrected chi connectivity index (χ3v) is 3.06. The van der Waals surface area contributed by atoms with Crippen molar-refractivity contribution in [2.75, 3.05) is 5.43 Å². The predicted molar refractivity (Wildman–Crippen MR) is 71.1 cm³/mol. The van der Waals surface area contributed by atoms with Gasteiger partial charge in [0.1, 0.15) is 0 Å². The van der Waals surface area contributed by atoms with Crippen LogP contribution in [0.5, 0.6) is 5.75 Å². The molecular formula is C12H10F3N3OS. The molecule has 1 N–H and O–H groups in total. The van der Waals surface area contributed by atoms with E-state index >= 15 is 0 Å². The maximum absolute atomic E-state index is 13.8. The Morgan fingerprint density at radius 3 is 2.90 bits per heavy atom. The Morgan fingerprint density at radius 2 is 2.25 bits per heavy atom. The molecule has 0 saturated carbocycles. The SMILES string of the molecule is Cc1csc(NN=Cc2cccc(OC(F)F)c2F)n1. The first-order valence-electron chi connectivity index (χ1n) is 5.51. The normalized spacial score (nSPS) is 11.2. The molecule has 0 saturated heterocycles. The van der Waals surface area contributed by atoms with E-state index < -0.39 is 18.2 Å². The molecule has 1 aromatic carbocycles. The van der Waals surface area contributed by atoms with Gasteiger partial charge in [0.05, 0.1) is 11.9 Å². The average Bonchev–Trinajstić information content (AvgIpc) is 2.79. The van der Waals surface area contributed by atoms with Crippen molar-refractivity contribution >= 4 is 22.7 Å². The molecule has 2 rings (SSSR count). The maximum atomic E-state index is 13.8. The molecule has 2 aromatic rings. The zero-order chi connectivity index (χ0) is 14.5. The number of benzene rings is 1. The van der Waals surface area contributed by atoms with Gasteiger partial charge in [-0.25, -0.2) is 9.37 Å². The molecule has 1 aromatic heterocycles. The standard InChI is InChI=1S/C12H10F3N3OS/c1-7-6-20-12(17-7)18-16-5-8-3-2-4-9(10(8)13)19-11(14)15/h2-6,11H,1H3,(H,17,18). The fraction of sp³-hybridized carbons (Fsp3) is 0.167. The summed E-state index contributed by atoms with van der Waals surface area (Å²) in [6, 6.07) is 3.91. The van der Waals surface area contributed by atoms with Crippen LogP contribution in [0.1, 0.15) is 11.3 Å². The van der Waals surface area contributed by atoms with Gasteiger partial charge in [-0.15, -0.1) is 11.3 Å². The van der Waals surface area contributed by atoms with Gasteiger partial charge >= 0.3 is 6.61 Å². The number of alkyl halides is 2. The van der Waals surface area contributed by atoms with Crippen LogP contribution in [-0.2, 0) is 0 Å². The van der Waals surface area contributed by atoms with Gasteiger partial charge in [-0.2, -0.15) is 13.9 Å². The number of aromatic nitrogens is 1. The van der Waals surface area contributed by atoms with Crippen LogP contribution in [0.4, 0.5) is 18.3 Å². The van der Waals surface area contributed by atoms with Crippen LogP contribution in [0.2, 0.25) is 0 Å². The molecule has 20 heavy (non-hydrogen) atoms. The fourth-order valence-electron chi connectivity index (χ4n) is 1.38. The summed E-state index contributed by atoms with van der Waals surface area (Å²) in [5, 5.41) is 6.18. The Bertz CT molecular complexity index is 616. The number of nitrogens with one attached hydrogen (secondary N) is 1. The highest BCUT2D eigenvalue weighted by atomic mass is 32.1. The molecule has 0 amide bonds. The summed E-state index contributed by atoms with van der Waals surface area (Å²) in [5.41, 5.74) is 3.49. The second kappa shape index (κ2) is 6.38. The van der Waals surface area contributed by atoms with Gasteiger partial charge < -0.3 is 4.74 Å². The van der Waals surface area contributed by atoms with Crippen LogP contribution in [0.25, 0.3) is 0 Å². The Kier molecular flexibility index (Phi) is 4.57. The van der Waals surface area contributed by atoms with Gasteiger partial charge in [-0.1, -0.05) is 12.1 Å². The number of anilines is 1. The molecule has 1 heterocycles. The monoisotopic (exact) mass is 301 g/mol. The highest BCUT2D eigenvalue weighted by Crippen LogP contribution is 2.21. The first-order valence-corrected chi connectivity index (χ1v) is 6.39. The van der Waals surface area contributed by atoms with Crippen LogP contribution in [-0.4, -0.2) is 17.8 Å². The number of nitrogens with zero attached hydrogens (tertiary/aromatic N) is 2. The highest BCUT2D eigenvalue weighted by molar-refractivity contribution is 7.13. The Labute approximate surface area is 116 Å². The molecule has 0 aliphatic heterocycles. The van der Waals surface area contributed by atoms with Gasteiger partial charge in [0, 0.05) is 10.9 Å². The zero-order valence-electron chi connectivity index (χ0n) is 10.3. The van der Waals surface area contributed by atoms with Crippen molar-refractivity contribution in [3.05, 3.63) is 40.7 Å². The molecule has 106 valence electrons. The van der Waals surface area contributed by atoms with Crippen molar-refractivity contribution in [1.82, 2.24) is 4.98 Å². The third-order valence-electron chi connectivity index (χ3n) is 2.19. The fourth-order valence-corrected chi connectivity index (χ4v) is 2.01. The summed E-state index contributed by atoms with van der Waals surface area (Å²) in [6.07, 6.45) is 1.17. The van der Waals surface area contributed by atoms with Crippen molar-refractivity contribution < 1.29 is 17.9 Å². The quantitative estimate of drug-likeness (QED) is 0.677. The van der Waals surface area contributed by atoms with Gasteiger partial charge in [0.15, 0.2) is 11.6 Å². The van der Waals surface area contributed by atoms with E-state index in [2.05, 4.69) is 20.2 Å². The molecule has 0 unspecified atom stereocenters. The van der Waals surface area contributed by atoms with Crippen LogP contribution in [0, 0.1) is 12.7 Å². The first-order chi connectivity index (χ1) is 9.56. The first kappa shape index (κ1) is 14.3. The van der Waals surface area contributed by atoms with Crippen molar-refractivity contribution in [1.29, 1.82) is 0 Å². The maximum Gasteiger partial charge on any atom is 0.387 e. The van der Waals surface area contributed by atoms with E-state index in [1.54, 1.807) is 0 Å². The smallest absolute Gasteiger partial charge is 0.387 e. The van der Waals surface area contributed by atoms with Crippen LogP contribution in [0.3, 0.4) is 0 Å². The average molecular weight is 301 g/mol. The molecule has 0 bridgehead atoms. The predicted octanol–water partition coefficient (Wildman–Crippen LogP) is 3.64. The summed E-state index contributed by atoms with van der Waals surface area (Å²) in [7, 11) is 0. The van der Waals surface area contributed by atoms with Crippen molar-refractivity contribution in [3.8, 4) is 5.75 Å². The number of halogens is 3. The van der Waals surface area contributed by atoms with Gasteiger partial charge in [-0.3, -0.25) is 5.43 Å². The second-order valence-electron chi connectivity index (χ2n) is 3.70. The van der Waals surface area contributed by atoms with E-state index in [0.29, 0.717) is 5.13 Å². The van der Waals surface area contributed by atoms with E-state index in [4.69, 9.17) is 0 Å². The number of ether oxygens (including phenoxy) is 1. The van der Waals surface area contributed by atoms with Crippen molar-refractivity contribution in [2.24, 2.45) is 5.10 Å². The third kappa shape index (κ3) is 3.70. The Balaban J connectivity index is 2.09. The minimum Gasteiger partial charge on any atom is -0.432 e. The molecule has 0 aliphatic carbocycles. The van der Waals surface area contributed by atoms with Crippen LogP contribution < -0.4 is 10.2 Å². The molecule has 0 radical (unpaired) electrons. The largest absolute Gasteiger partial charge is 0.432 e. The van der Waals surface area contributed by atoms with E-state index in [9.17, 15) is 13.2 Å². The molecule has 0 fully saturated rings. The number of rotatable bonds is 5. The topological polar surface area (TPSA) is 46.5 Å². The number of thiazole rings is 1. The number of hydrogen-bond acceptors (Lipinski definition) is 5. The van der Waals surface area contributed by atoms with E-state index in [1.807, 2.05) is 12.3 Å². The van der Waals surface area contributed by atoms with Crippen LogP contribution >= 0.6 is 11.3 Å². The number of aryl methyl sites for hydroxylation is 1. The second-order valence-corrected chi connectivity index (χ2v) is 4.56. The highest BCUT2D eigenvalue weighted by Gasteiger charge is 2.12. The van der Waals surface area contributed by atoms with E-state index in [1.165, 1.54) is 29.7 Å². The van der Waals surface area contributed by atoms with Gasteiger partial charge in [0.2, 0.25) is 5.13 Å². The molecule has 0 aliphatic rings. The number of hydrazone groups is 1. The molecule has 4 nitrogen and oxygen atoms in total. The Morgan fingerprint density at radius 1 is 1.45 bits per heavy atom. The lowest BCUT2D eigenvalue weighted by atomic mass is 10.2. The van der Waals surface area contributed by atoms with Crippen LogP contribution in [0.15, 0.2) is 28.7 Å².